The summed E-state index contributed by atoms with van der Waals surface area (Å²) in [5.41, 5.74) is 4.55. The Bertz CT molecular complexity index is 504. The Morgan fingerprint density at radius 2 is 2.10 bits per heavy atom. The van der Waals surface area contributed by atoms with Crippen molar-refractivity contribution in [3.05, 3.63) is 29.6 Å². The minimum absolute atomic E-state index is 0.0237. The monoisotopic (exact) mass is 301 g/mol. The highest BCUT2D eigenvalue weighted by atomic mass is 19.4. The first kappa shape index (κ1) is 15.8. The first-order chi connectivity index (χ1) is 9.89. The van der Waals surface area contributed by atoms with E-state index in [1.165, 1.54) is 12.3 Å². The normalized spacial score (nSPS) is 23.0. The number of primary amides is 1. The van der Waals surface area contributed by atoms with Crippen LogP contribution in [0, 0.1) is 5.92 Å². The molecule has 3 N–H and O–H groups in total. The lowest BCUT2D eigenvalue weighted by Crippen LogP contribution is -2.44. The Balaban J connectivity index is 2.07. The lowest BCUT2D eigenvalue weighted by Gasteiger charge is -2.30. The van der Waals surface area contributed by atoms with Gasteiger partial charge in [-0.2, -0.15) is 13.2 Å². The van der Waals surface area contributed by atoms with Crippen molar-refractivity contribution >= 4 is 5.91 Å². The molecule has 1 heterocycles. The fourth-order valence-corrected chi connectivity index (χ4v) is 2.78. The van der Waals surface area contributed by atoms with Crippen LogP contribution in [0.5, 0.6) is 0 Å². The molecular weight excluding hydrogens is 283 g/mol. The lowest BCUT2D eigenvalue weighted by atomic mass is 9.84. The molecule has 4 nitrogen and oxygen atoms in total. The summed E-state index contributed by atoms with van der Waals surface area (Å²) in [7, 11) is 0. The topological polar surface area (TPSA) is 68.0 Å². The van der Waals surface area contributed by atoms with Crippen molar-refractivity contribution in [1.29, 1.82) is 0 Å². The number of nitrogens with two attached hydrogens (primary N) is 1. The third-order valence-corrected chi connectivity index (χ3v) is 3.86. The van der Waals surface area contributed by atoms with E-state index in [0.29, 0.717) is 6.42 Å². The quantitative estimate of drug-likeness (QED) is 0.896. The van der Waals surface area contributed by atoms with Crippen LogP contribution in [-0.2, 0) is 17.5 Å². The zero-order valence-corrected chi connectivity index (χ0v) is 11.5. The molecule has 1 saturated carbocycles. The number of carbonyl (C=O) groups is 1. The standard InChI is InChI=1S/C14H18F3N3O/c15-14(16,17)10-5-3-7-19-12(10)8-20-11-6-2-1-4-9(11)13(18)21/h3,5,7,9,11,20H,1-2,4,6,8H2,(H2,18,21). The number of halogens is 3. The van der Waals surface area contributed by atoms with Gasteiger partial charge in [0, 0.05) is 18.8 Å². The van der Waals surface area contributed by atoms with Crippen LogP contribution in [0.1, 0.15) is 36.9 Å². The Morgan fingerprint density at radius 3 is 2.76 bits per heavy atom. The van der Waals surface area contributed by atoms with Gasteiger partial charge < -0.3 is 11.1 Å². The van der Waals surface area contributed by atoms with Gasteiger partial charge in [0.15, 0.2) is 0 Å². The largest absolute Gasteiger partial charge is 0.418 e. The molecule has 21 heavy (non-hydrogen) atoms. The van der Waals surface area contributed by atoms with Crippen LogP contribution in [0.25, 0.3) is 0 Å². The summed E-state index contributed by atoms with van der Waals surface area (Å²) < 4.78 is 38.6. The molecule has 1 aliphatic carbocycles. The van der Waals surface area contributed by atoms with Gasteiger partial charge >= 0.3 is 6.18 Å². The Labute approximate surface area is 120 Å². The van der Waals surface area contributed by atoms with Gasteiger partial charge in [-0.25, -0.2) is 0 Å². The summed E-state index contributed by atoms with van der Waals surface area (Å²) in [6.07, 6.45) is 0.182. The predicted octanol–water partition coefficient (Wildman–Crippen LogP) is 2.23. The molecule has 0 saturated heterocycles. The number of aromatic nitrogens is 1. The number of carbonyl (C=O) groups excluding carboxylic acids is 1. The first-order valence-corrected chi connectivity index (χ1v) is 6.93. The SMILES string of the molecule is NC(=O)C1CCCCC1NCc1ncccc1C(F)(F)F. The number of nitrogens with zero attached hydrogens (tertiary/aromatic N) is 1. The summed E-state index contributed by atoms with van der Waals surface area (Å²) in [6, 6.07) is 2.09. The molecule has 1 aromatic heterocycles. The van der Waals surface area contributed by atoms with Crippen molar-refractivity contribution in [3.8, 4) is 0 Å². The van der Waals surface area contributed by atoms with Gasteiger partial charge in [-0.1, -0.05) is 12.8 Å². The molecule has 0 bridgehead atoms. The zero-order valence-electron chi connectivity index (χ0n) is 11.5. The molecule has 2 atom stereocenters. The van der Waals surface area contributed by atoms with E-state index in [-0.39, 0.29) is 24.2 Å². The molecule has 1 aliphatic rings. The Hall–Kier alpha value is -1.63. The van der Waals surface area contributed by atoms with Gasteiger partial charge in [-0.3, -0.25) is 9.78 Å². The third kappa shape index (κ3) is 3.93. The Morgan fingerprint density at radius 1 is 1.38 bits per heavy atom. The third-order valence-electron chi connectivity index (χ3n) is 3.86. The van der Waals surface area contributed by atoms with Crippen molar-refractivity contribution in [2.45, 2.75) is 44.4 Å². The van der Waals surface area contributed by atoms with Crippen molar-refractivity contribution in [3.63, 3.8) is 0 Å². The molecule has 116 valence electrons. The highest BCUT2D eigenvalue weighted by Crippen LogP contribution is 2.31. The van der Waals surface area contributed by atoms with Gasteiger partial charge in [0.1, 0.15) is 0 Å². The van der Waals surface area contributed by atoms with E-state index in [0.717, 1.165) is 25.3 Å². The average Bonchev–Trinajstić information content (AvgIpc) is 2.44. The first-order valence-electron chi connectivity index (χ1n) is 6.93. The van der Waals surface area contributed by atoms with Crippen LogP contribution in [0.3, 0.4) is 0 Å². The molecule has 0 spiro atoms. The van der Waals surface area contributed by atoms with E-state index in [2.05, 4.69) is 10.3 Å². The lowest BCUT2D eigenvalue weighted by molar-refractivity contribution is -0.138. The Kier molecular flexibility index (Phi) is 4.82. The fourth-order valence-electron chi connectivity index (χ4n) is 2.78. The maximum absolute atomic E-state index is 12.9. The van der Waals surface area contributed by atoms with Crippen molar-refractivity contribution < 1.29 is 18.0 Å². The minimum atomic E-state index is -4.43. The van der Waals surface area contributed by atoms with Crippen molar-refractivity contribution in [2.24, 2.45) is 11.7 Å². The zero-order chi connectivity index (χ0) is 15.5. The van der Waals surface area contributed by atoms with Crippen LogP contribution in [0.2, 0.25) is 0 Å². The van der Waals surface area contributed by atoms with E-state index in [4.69, 9.17) is 5.73 Å². The van der Waals surface area contributed by atoms with Gasteiger partial charge in [0.05, 0.1) is 17.2 Å². The van der Waals surface area contributed by atoms with E-state index in [1.807, 2.05) is 0 Å². The summed E-state index contributed by atoms with van der Waals surface area (Å²) in [4.78, 5) is 15.2. The maximum atomic E-state index is 12.9. The van der Waals surface area contributed by atoms with Crippen LogP contribution in [0.15, 0.2) is 18.3 Å². The van der Waals surface area contributed by atoms with Crippen LogP contribution in [-0.4, -0.2) is 16.9 Å². The highest BCUT2D eigenvalue weighted by molar-refractivity contribution is 5.77. The van der Waals surface area contributed by atoms with Crippen molar-refractivity contribution in [2.75, 3.05) is 0 Å². The van der Waals surface area contributed by atoms with Crippen LogP contribution < -0.4 is 11.1 Å². The summed E-state index contributed by atoms with van der Waals surface area (Å²) >= 11 is 0. The second kappa shape index (κ2) is 6.43. The highest BCUT2D eigenvalue weighted by Gasteiger charge is 2.34. The number of nitrogens with one attached hydrogen (secondary N) is 1. The van der Waals surface area contributed by atoms with E-state index in [9.17, 15) is 18.0 Å². The molecule has 0 aromatic carbocycles. The van der Waals surface area contributed by atoms with Gasteiger partial charge in [0.25, 0.3) is 0 Å². The number of hydrogen-bond acceptors (Lipinski definition) is 3. The number of rotatable bonds is 4. The van der Waals surface area contributed by atoms with E-state index >= 15 is 0 Å². The number of pyridine rings is 1. The predicted molar refractivity (Wildman–Crippen MR) is 71.0 cm³/mol. The van der Waals surface area contributed by atoms with Gasteiger partial charge in [-0.15, -0.1) is 0 Å². The number of alkyl halides is 3. The smallest absolute Gasteiger partial charge is 0.369 e. The van der Waals surface area contributed by atoms with Gasteiger partial charge in [-0.05, 0) is 25.0 Å². The molecule has 1 fully saturated rings. The second-order valence-corrected chi connectivity index (χ2v) is 5.28. The van der Waals surface area contributed by atoms with Crippen LogP contribution >= 0.6 is 0 Å². The molecule has 2 unspecified atom stereocenters. The van der Waals surface area contributed by atoms with E-state index in [1.54, 1.807) is 0 Å². The summed E-state index contributed by atoms with van der Waals surface area (Å²) in [6.45, 7) is -0.0237. The number of hydrogen-bond donors (Lipinski definition) is 2. The molecule has 1 amide bonds. The molecule has 2 rings (SSSR count). The van der Waals surface area contributed by atoms with Gasteiger partial charge in [0.2, 0.25) is 5.91 Å². The number of amides is 1. The minimum Gasteiger partial charge on any atom is -0.369 e. The second-order valence-electron chi connectivity index (χ2n) is 5.28. The molecule has 7 heteroatoms. The maximum Gasteiger partial charge on any atom is 0.418 e. The molecule has 1 aromatic rings. The molecule has 0 aliphatic heterocycles. The van der Waals surface area contributed by atoms with Crippen LogP contribution in [0.4, 0.5) is 13.2 Å². The van der Waals surface area contributed by atoms with E-state index < -0.39 is 17.6 Å². The molecule has 0 radical (unpaired) electrons. The summed E-state index contributed by atoms with van der Waals surface area (Å²) in [5.74, 6) is -0.721. The summed E-state index contributed by atoms with van der Waals surface area (Å²) in [5, 5.41) is 3.02. The molecular formula is C14H18F3N3O. The average molecular weight is 301 g/mol. The fraction of sp³-hybridized carbons (Fsp3) is 0.571. The van der Waals surface area contributed by atoms with Crippen molar-refractivity contribution in [1.82, 2.24) is 10.3 Å².